The predicted molar refractivity (Wildman–Crippen MR) is 75.8 cm³/mol. The molecule has 2 aliphatic heterocycles. The van der Waals surface area contributed by atoms with Crippen molar-refractivity contribution in [2.24, 2.45) is 11.7 Å². The number of hydrogen-bond donors (Lipinski definition) is 1. The highest BCUT2D eigenvalue weighted by Crippen LogP contribution is 2.43. The van der Waals surface area contributed by atoms with E-state index in [1.807, 2.05) is 6.07 Å². The van der Waals surface area contributed by atoms with Crippen LogP contribution in [0.3, 0.4) is 0 Å². The van der Waals surface area contributed by atoms with Gasteiger partial charge in [0.05, 0.1) is 6.61 Å². The molecule has 3 rings (SSSR count). The van der Waals surface area contributed by atoms with Crippen molar-refractivity contribution in [3.8, 4) is 11.5 Å². The maximum Gasteiger partial charge on any atom is 0.231 e. The lowest BCUT2D eigenvalue weighted by atomic mass is 9.95. The van der Waals surface area contributed by atoms with Crippen LogP contribution in [0.2, 0.25) is 0 Å². The van der Waals surface area contributed by atoms with E-state index in [1.165, 1.54) is 5.56 Å². The van der Waals surface area contributed by atoms with E-state index in [1.54, 1.807) is 7.11 Å². The molecule has 2 N–H and O–H groups in total. The molecular formula is C15H22N2O3. The van der Waals surface area contributed by atoms with E-state index in [-0.39, 0.29) is 0 Å². The minimum atomic E-state index is 0.293. The zero-order chi connectivity index (χ0) is 14.1. The maximum atomic E-state index is 5.83. The van der Waals surface area contributed by atoms with Gasteiger partial charge in [0.25, 0.3) is 0 Å². The van der Waals surface area contributed by atoms with Crippen molar-refractivity contribution < 1.29 is 14.2 Å². The molecule has 0 amide bonds. The zero-order valence-corrected chi connectivity index (χ0v) is 12.1. The lowest BCUT2D eigenvalue weighted by Crippen LogP contribution is -2.21. The van der Waals surface area contributed by atoms with Gasteiger partial charge in [0.2, 0.25) is 6.79 Å². The van der Waals surface area contributed by atoms with Gasteiger partial charge in [-0.15, -0.1) is 0 Å². The monoisotopic (exact) mass is 278 g/mol. The summed E-state index contributed by atoms with van der Waals surface area (Å²) in [5.74, 6) is 2.22. The van der Waals surface area contributed by atoms with Crippen molar-refractivity contribution in [2.75, 3.05) is 34.0 Å². The second-order valence-electron chi connectivity index (χ2n) is 5.59. The van der Waals surface area contributed by atoms with Crippen LogP contribution in [0.5, 0.6) is 11.5 Å². The summed E-state index contributed by atoms with van der Waals surface area (Å²) in [6, 6.07) is 4.52. The molecule has 0 spiro atoms. The summed E-state index contributed by atoms with van der Waals surface area (Å²) in [7, 11) is 3.86. The van der Waals surface area contributed by atoms with E-state index in [9.17, 15) is 0 Å². The summed E-state index contributed by atoms with van der Waals surface area (Å²) >= 11 is 0. The third kappa shape index (κ3) is 2.26. The molecule has 2 heterocycles. The van der Waals surface area contributed by atoms with Crippen LogP contribution >= 0.6 is 0 Å². The number of methoxy groups -OCH3 is 1. The molecule has 5 nitrogen and oxygen atoms in total. The fourth-order valence-corrected chi connectivity index (χ4v) is 3.29. The second-order valence-corrected chi connectivity index (χ2v) is 5.59. The van der Waals surface area contributed by atoms with Crippen LogP contribution in [0, 0.1) is 5.92 Å². The quantitative estimate of drug-likeness (QED) is 0.905. The number of benzene rings is 1. The number of likely N-dealkylation sites (tertiary alicyclic amines) is 1. The van der Waals surface area contributed by atoms with Crippen LogP contribution in [0.15, 0.2) is 12.1 Å². The van der Waals surface area contributed by atoms with Gasteiger partial charge in [0.15, 0.2) is 11.5 Å². The van der Waals surface area contributed by atoms with E-state index in [0.29, 0.717) is 25.4 Å². The maximum absolute atomic E-state index is 5.83. The highest BCUT2D eigenvalue weighted by molar-refractivity contribution is 5.53. The van der Waals surface area contributed by atoms with Gasteiger partial charge in [-0.2, -0.15) is 0 Å². The van der Waals surface area contributed by atoms with E-state index in [2.05, 4.69) is 18.0 Å². The van der Waals surface area contributed by atoms with Crippen LogP contribution in [-0.4, -0.2) is 38.9 Å². The summed E-state index contributed by atoms with van der Waals surface area (Å²) in [4.78, 5) is 2.37. The van der Waals surface area contributed by atoms with Crippen LogP contribution in [-0.2, 0) is 11.3 Å². The third-order valence-corrected chi connectivity index (χ3v) is 4.29. The molecule has 2 unspecified atom stereocenters. The Balaban J connectivity index is 1.97. The van der Waals surface area contributed by atoms with Crippen LogP contribution in [0.1, 0.15) is 23.6 Å². The molecule has 20 heavy (non-hydrogen) atoms. The normalized spacial score (nSPS) is 25.4. The van der Waals surface area contributed by atoms with Crippen molar-refractivity contribution in [3.05, 3.63) is 23.3 Å². The van der Waals surface area contributed by atoms with Gasteiger partial charge < -0.3 is 19.9 Å². The second kappa shape index (κ2) is 5.60. The van der Waals surface area contributed by atoms with Crippen molar-refractivity contribution in [1.82, 2.24) is 4.90 Å². The van der Waals surface area contributed by atoms with E-state index < -0.39 is 0 Å². The Kier molecular flexibility index (Phi) is 3.83. The van der Waals surface area contributed by atoms with Crippen molar-refractivity contribution >= 4 is 0 Å². The van der Waals surface area contributed by atoms with Gasteiger partial charge in [-0.3, -0.25) is 4.90 Å². The molecule has 0 bridgehead atoms. The first-order valence-electron chi connectivity index (χ1n) is 7.05. The number of rotatable bonds is 4. The molecule has 0 saturated carbocycles. The number of ether oxygens (including phenoxy) is 3. The van der Waals surface area contributed by atoms with Crippen molar-refractivity contribution in [2.45, 2.75) is 19.1 Å². The highest BCUT2D eigenvalue weighted by atomic mass is 16.7. The van der Waals surface area contributed by atoms with Crippen molar-refractivity contribution in [1.29, 1.82) is 0 Å². The molecule has 1 aromatic carbocycles. The standard InChI is InChI=1S/C15H22N2O3/c1-17-7-10(6-16)5-13(17)11-3-4-14-15(20-9-19-14)12(11)8-18-2/h3-4,10,13H,5-9,16H2,1-2H3. The van der Waals surface area contributed by atoms with Gasteiger partial charge in [0, 0.05) is 25.3 Å². The van der Waals surface area contributed by atoms with Crippen LogP contribution in [0.25, 0.3) is 0 Å². The molecule has 1 saturated heterocycles. The Morgan fingerprint density at radius 3 is 2.95 bits per heavy atom. The fraction of sp³-hybridized carbons (Fsp3) is 0.600. The Morgan fingerprint density at radius 2 is 2.25 bits per heavy atom. The molecule has 1 fully saturated rings. The topological polar surface area (TPSA) is 57.0 Å². The lowest BCUT2D eigenvalue weighted by molar-refractivity contribution is 0.161. The number of nitrogens with two attached hydrogens (primary N) is 1. The molecule has 110 valence electrons. The average molecular weight is 278 g/mol. The molecular weight excluding hydrogens is 256 g/mol. The predicted octanol–water partition coefficient (Wildman–Crippen LogP) is 1.51. The van der Waals surface area contributed by atoms with E-state index in [0.717, 1.165) is 36.6 Å². The van der Waals surface area contributed by atoms with Gasteiger partial charge >= 0.3 is 0 Å². The summed E-state index contributed by atoms with van der Waals surface area (Å²) in [5.41, 5.74) is 8.21. The Labute approximate surface area is 119 Å². The minimum Gasteiger partial charge on any atom is -0.454 e. The first-order chi connectivity index (χ1) is 9.74. The molecule has 0 aliphatic carbocycles. The molecule has 0 radical (unpaired) electrons. The van der Waals surface area contributed by atoms with E-state index >= 15 is 0 Å². The fourth-order valence-electron chi connectivity index (χ4n) is 3.29. The number of hydrogen-bond acceptors (Lipinski definition) is 5. The van der Waals surface area contributed by atoms with Gasteiger partial charge in [-0.25, -0.2) is 0 Å². The molecule has 2 aliphatic rings. The number of nitrogens with zero attached hydrogens (tertiary/aromatic N) is 1. The summed E-state index contributed by atoms with van der Waals surface area (Å²) in [5, 5.41) is 0. The SMILES string of the molecule is COCc1c(C2CC(CN)CN2C)ccc2c1OCO2. The molecule has 5 heteroatoms. The first kappa shape index (κ1) is 13.7. The zero-order valence-electron chi connectivity index (χ0n) is 12.1. The van der Waals surface area contributed by atoms with Gasteiger partial charge in [-0.1, -0.05) is 6.07 Å². The number of fused-ring (bicyclic) bond motifs is 1. The van der Waals surface area contributed by atoms with Gasteiger partial charge in [0.1, 0.15) is 0 Å². The molecule has 0 aromatic heterocycles. The minimum absolute atomic E-state index is 0.293. The van der Waals surface area contributed by atoms with Crippen LogP contribution in [0.4, 0.5) is 0 Å². The average Bonchev–Trinajstić information content (AvgIpc) is 3.06. The highest BCUT2D eigenvalue weighted by Gasteiger charge is 2.33. The smallest absolute Gasteiger partial charge is 0.231 e. The summed E-state index contributed by atoms with van der Waals surface area (Å²) in [6.45, 7) is 2.62. The Hall–Kier alpha value is -1.30. The first-order valence-corrected chi connectivity index (χ1v) is 7.05. The van der Waals surface area contributed by atoms with Gasteiger partial charge in [-0.05, 0) is 37.6 Å². The van der Waals surface area contributed by atoms with E-state index in [4.69, 9.17) is 19.9 Å². The molecule has 1 aromatic rings. The Morgan fingerprint density at radius 1 is 1.40 bits per heavy atom. The molecule has 2 atom stereocenters. The van der Waals surface area contributed by atoms with Crippen molar-refractivity contribution in [3.63, 3.8) is 0 Å². The largest absolute Gasteiger partial charge is 0.454 e. The lowest BCUT2D eigenvalue weighted by Gasteiger charge is -2.23. The van der Waals surface area contributed by atoms with Crippen LogP contribution < -0.4 is 15.2 Å². The Bertz CT molecular complexity index is 492. The third-order valence-electron chi connectivity index (χ3n) is 4.29. The summed E-state index contributed by atoms with van der Waals surface area (Å²) < 4.78 is 16.4. The summed E-state index contributed by atoms with van der Waals surface area (Å²) in [6.07, 6.45) is 1.09.